The summed E-state index contributed by atoms with van der Waals surface area (Å²) in [5.74, 6) is -0.0798. The number of likely N-dealkylation sites (tertiary alicyclic amines) is 1. The minimum atomic E-state index is -0.952. The predicted octanol–water partition coefficient (Wildman–Crippen LogP) is 4.15. The molecule has 2 aliphatic rings. The molecule has 0 spiro atoms. The number of ether oxygens (including phenoxy) is 2. The molecule has 2 aliphatic heterocycles. The number of benzene rings is 2. The molecule has 6 rings (SSSR count). The summed E-state index contributed by atoms with van der Waals surface area (Å²) in [7, 11) is 0. The summed E-state index contributed by atoms with van der Waals surface area (Å²) in [6.45, 7) is 3.84. The van der Waals surface area contributed by atoms with Gasteiger partial charge < -0.3 is 19.1 Å². The van der Waals surface area contributed by atoms with Crippen LogP contribution in [0, 0.1) is 17.1 Å². The maximum atomic E-state index is 14.1. The van der Waals surface area contributed by atoms with Crippen LogP contribution in [0.25, 0.3) is 11.0 Å². The molecule has 2 fully saturated rings. The van der Waals surface area contributed by atoms with Gasteiger partial charge in [-0.25, -0.2) is 14.2 Å². The van der Waals surface area contributed by atoms with Crippen molar-refractivity contribution in [3.05, 3.63) is 77.0 Å². The molecule has 4 heterocycles. The molecule has 2 saturated heterocycles. The van der Waals surface area contributed by atoms with Crippen LogP contribution in [0.2, 0.25) is 0 Å². The lowest BCUT2D eigenvalue weighted by Gasteiger charge is -2.32. The summed E-state index contributed by atoms with van der Waals surface area (Å²) in [4.78, 5) is 18.8. The van der Waals surface area contributed by atoms with Crippen molar-refractivity contribution >= 4 is 17.0 Å². The van der Waals surface area contributed by atoms with Crippen molar-refractivity contribution in [2.45, 2.75) is 51.1 Å². The fraction of sp³-hybridized carbons (Fsp3) is 0.379. The van der Waals surface area contributed by atoms with E-state index in [4.69, 9.17) is 19.7 Å². The first-order chi connectivity index (χ1) is 19.5. The number of carbonyl (C=O) groups is 1. The molecule has 1 N–H and O–H groups in total. The van der Waals surface area contributed by atoms with Gasteiger partial charge in [0.05, 0.1) is 53.5 Å². The Bertz CT molecular complexity index is 1580. The van der Waals surface area contributed by atoms with Gasteiger partial charge in [0.2, 0.25) is 5.88 Å². The fourth-order valence-electron chi connectivity index (χ4n) is 5.29. The van der Waals surface area contributed by atoms with Crippen molar-refractivity contribution in [3.8, 4) is 11.9 Å². The number of aromatic nitrogens is 4. The van der Waals surface area contributed by atoms with Crippen LogP contribution in [0.5, 0.6) is 5.88 Å². The van der Waals surface area contributed by atoms with Crippen LogP contribution in [0.3, 0.4) is 0 Å². The number of aromatic carboxylic acids is 1. The molecule has 0 radical (unpaired) electrons. The molecule has 0 saturated carbocycles. The van der Waals surface area contributed by atoms with E-state index in [2.05, 4.69) is 14.6 Å². The lowest BCUT2D eigenvalue weighted by Crippen LogP contribution is -2.36. The molecule has 0 bridgehead atoms. The second-order valence-corrected chi connectivity index (χ2v) is 10.3. The van der Waals surface area contributed by atoms with Crippen LogP contribution < -0.4 is 4.74 Å². The molecule has 10 nitrogen and oxygen atoms in total. The van der Waals surface area contributed by atoms with Gasteiger partial charge in [-0.3, -0.25) is 9.58 Å². The number of carboxylic acid groups (broad SMARTS) is 1. The molecule has 11 heteroatoms. The third-order valence-corrected chi connectivity index (χ3v) is 7.69. The monoisotopic (exact) mass is 544 g/mol. The van der Waals surface area contributed by atoms with E-state index in [0.717, 1.165) is 55.8 Å². The molecular weight excluding hydrogens is 515 g/mol. The average molecular weight is 545 g/mol. The average Bonchev–Trinajstić information content (AvgIpc) is 3.54. The van der Waals surface area contributed by atoms with E-state index in [0.29, 0.717) is 24.5 Å². The Morgan fingerprint density at radius 3 is 2.70 bits per heavy atom. The molecule has 206 valence electrons. The highest BCUT2D eigenvalue weighted by Crippen LogP contribution is 2.27. The molecular formula is C29H29FN6O4. The molecule has 1 atom stereocenters. The number of hydrogen-bond acceptors (Lipinski definition) is 7. The summed E-state index contributed by atoms with van der Waals surface area (Å²) in [5, 5.41) is 22.9. The van der Waals surface area contributed by atoms with Crippen molar-refractivity contribution < 1.29 is 23.8 Å². The van der Waals surface area contributed by atoms with E-state index in [1.807, 2.05) is 16.9 Å². The zero-order valence-electron chi connectivity index (χ0n) is 21.9. The van der Waals surface area contributed by atoms with Gasteiger partial charge in [0.15, 0.2) is 0 Å². The Labute approximate surface area is 230 Å². The summed E-state index contributed by atoms with van der Waals surface area (Å²) in [6, 6.07) is 13.3. The van der Waals surface area contributed by atoms with Gasteiger partial charge in [-0.2, -0.15) is 5.26 Å². The maximum Gasteiger partial charge on any atom is 0.335 e. The maximum absolute atomic E-state index is 14.1. The number of imidazole rings is 1. The van der Waals surface area contributed by atoms with Crippen molar-refractivity contribution in [3.63, 3.8) is 0 Å². The van der Waals surface area contributed by atoms with Gasteiger partial charge in [0, 0.05) is 37.5 Å². The minimum absolute atomic E-state index is 0.0356. The van der Waals surface area contributed by atoms with Crippen molar-refractivity contribution in [1.29, 1.82) is 5.26 Å². The molecule has 4 aromatic rings. The van der Waals surface area contributed by atoms with Crippen molar-refractivity contribution in [2.75, 3.05) is 19.7 Å². The van der Waals surface area contributed by atoms with E-state index >= 15 is 0 Å². The quantitative estimate of drug-likeness (QED) is 0.334. The zero-order chi connectivity index (χ0) is 27.6. The Morgan fingerprint density at radius 2 is 2.00 bits per heavy atom. The number of fused-ring (bicyclic) bond motifs is 1. The number of rotatable bonds is 9. The summed E-state index contributed by atoms with van der Waals surface area (Å²) >= 11 is 0. The van der Waals surface area contributed by atoms with E-state index in [1.165, 1.54) is 6.07 Å². The number of hydrogen-bond donors (Lipinski definition) is 1. The predicted molar refractivity (Wildman–Crippen MR) is 142 cm³/mol. The number of piperidine rings is 1. The van der Waals surface area contributed by atoms with Crippen molar-refractivity contribution in [2.24, 2.45) is 0 Å². The molecule has 40 heavy (non-hydrogen) atoms. The van der Waals surface area contributed by atoms with Crippen molar-refractivity contribution in [1.82, 2.24) is 24.2 Å². The minimum Gasteiger partial charge on any atom is -0.478 e. The second kappa shape index (κ2) is 11.1. The molecule has 2 aromatic carbocycles. The van der Waals surface area contributed by atoms with Crippen LogP contribution in [-0.2, 0) is 24.4 Å². The molecule has 2 aromatic heterocycles. The molecule has 0 amide bonds. The number of halogens is 1. The first-order valence-electron chi connectivity index (χ1n) is 13.4. The number of carboxylic acids is 1. The fourth-order valence-corrected chi connectivity index (χ4v) is 5.29. The summed E-state index contributed by atoms with van der Waals surface area (Å²) < 4.78 is 29.6. The Morgan fingerprint density at radius 1 is 1.18 bits per heavy atom. The van der Waals surface area contributed by atoms with Crippen LogP contribution in [0.1, 0.15) is 52.6 Å². The Hall–Kier alpha value is -4.27. The largest absolute Gasteiger partial charge is 0.478 e. The van der Waals surface area contributed by atoms with Gasteiger partial charge in [-0.15, -0.1) is 5.10 Å². The highest BCUT2D eigenvalue weighted by atomic mass is 19.1. The first-order valence-corrected chi connectivity index (χ1v) is 13.4. The third kappa shape index (κ3) is 5.41. The smallest absolute Gasteiger partial charge is 0.335 e. The van der Waals surface area contributed by atoms with Gasteiger partial charge in [0.25, 0.3) is 0 Å². The van der Waals surface area contributed by atoms with E-state index < -0.39 is 11.8 Å². The Kier molecular flexibility index (Phi) is 7.19. The van der Waals surface area contributed by atoms with E-state index in [1.54, 1.807) is 36.4 Å². The van der Waals surface area contributed by atoms with Crippen LogP contribution in [0.4, 0.5) is 4.39 Å². The zero-order valence-corrected chi connectivity index (χ0v) is 21.9. The van der Waals surface area contributed by atoms with Crippen LogP contribution >= 0.6 is 0 Å². The first kappa shape index (κ1) is 26.0. The topological polar surface area (TPSA) is 118 Å². The van der Waals surface area contributed by atoms with Gasteiger partial charge in [0.1, 0.15) is 18.2 Å². The number of nitrogens with zero attached hydrogens (tertiary/aromatic N) is 6. The van der Waals surface area contributed by atoms with E-state index in [-0.39, 0.29) is 29.9 Å². The van der Waals surface area contributed by atoms with Crippen LogP contribution in [-0.4, -0.2) is 61.1 Å². The van der Waals surface area contributed by atoms with Gasteiger partial charge in [-0.05, 0) is 49.6 Å². The third-order valence-electron chi connectivity index (χ3n) is 7.69. The highest BCUT2D eigenvalue weighted by molar-refractivity contribution is 5.92. The lowest BCUT2D eigenvalue weighted by molar-refractivity contribution is -0.0592. The lowest BCUT2D eigenvalue weighted by atomic mass is 10.1. The summed E-state index contributed by atoms with van der Waals surface area (Å²) in [6.07, 6.45) is 4.81. The normalized spacial score (nSPS) is 17.9. The Balaban J connectivity index is 1.08. The molecule has 0 aliphatic carbocycles. The van der Waals surface area contributed by atoms with E-state index in [9.17, 15) is 14.3 Å². The molecule has 1 unspecified atom stereocenters. The van der Waals surface area contributed by atoms with Crippen LogP contribution in [0.15, 0.2) is 48.7 Å². The summed E-state index contributed by atoms with van der Waals surface area (Å²) in [5.41, 5.74) is 2.51. The SMILES string of the molecule is N#Cc1ccc(COc2ccn(C3CCN(Cc4nc5ccc(C(=O)O)cc5n4CC4CCO4)CC3)n2)c(F)c1. The van der Waals surface area contributed by atoms with Gasteiger partial charge >= 0.3 is 5.97 Å². The highest BCUT2D eigenvalue weighted by Gasteiger charge is 2.26. The number of nitriles is 1. The second-order valence-electron chi connectivity index (χ2n) is 10.3. The standard InChI is InChI=1S/C29H29FN6O4/c30-24-13-19(15-31)1-2-21(24)18-40-28-7-11-36(33-28)22-5-9-34(10-6-22)17-27-32-25-4-3-20(29(37)38)14-26(25)35(27)16-23-8-12-39-23/h1-4,7,11,13-14,22-23H,5-6,8-10,12,16-18H2,(H,37,38). The van der Waals surface area contributed by atoms with Gasteiger partial charge in [-0.1, -0.05) is 6.07 Å².